The summed E-state index contributed by atoms with van der Waals surface area (Å²) in [5, 5.41) is 14.1. The Hall–Kier alpha value is -2.90. The molecule has 2 amide bonds. The Balaban J connectivity index is 2.07. The molecular formula is C16H15F3N2O3. The maximum absolute atomic E-state index is 12.3. The number of hydrogen-bond donors (Lipinski definition) is 3. The van der Waals surface area contributed by atoms with Gasteiger partial charge in [0.05, 0.1) is 5.69 Å². The van der Waals surface area contributed by atoms with Crippen LogP contribution in [0.25, 0.3) is 0 Å². The lowest BCUT2D eigenvalue weighted by Crippen LogP contribution is -2.22. The lowest BCUT2D eigenvalue weighted by Gasteiger charge is -2.15. The van der Waals surface area contributed by atoms with Crippen molar-refractivity contribution in [2.75, 3.05) is 17.2 Å². The van der Waals surface area contributed by atoms with Crippen LogP contribution in [0.15, 0.2) is 42.5 Å². The summed E-state index contributed by atoms with van der Waals surface area (Å²) >= 11 is 0. The third-order valence-electron chi connectivity index (χ3n) is 2.90. The average Bonchev–Trinajstić information content (AvgIpc) is 2.49. The van der Waals surface area contributed by atoms with Crippen molar-refractivity contribution in [1.82, 2.24) is 0 Å². The van der Waals surface area contributed by atoms with E-state index in [1.165, 1.54) is 36.4 Å². The van der Waals surface area contributed by atoms with Gasteiger partial charge in [0.2, 0.25) is 0 Å². The van der Waals surface area contributed by atoms with Crippen LogP contribution >= 0.6 is 0 Å². The van der Waals surface area contributed by atoms with Gasteiger partial charge in [-0.05, 0) is 48.9 Å². The van der Waals surface area contributed by atoms with Gasteiger partial charge in [-0.25, -0.2) is 4.79 Å². The van der Waals surface area contributed by atoms with Gasteiger partial charge >= 0.3 is 12.2 Å². The molecule has 0 aromatic heterocycles. The number of amides is 2. The molecule has 0 saturated heterocycles. The standard InChI is InChI=1S/C16H15F3N2O3/c1-10-2-7-13(14(8-10)24-9-16(17,18)19)21-15(23)20-11-3-5-12(22)6-4-11/h2-8,22H,9H2,1H3,(H2,20,21,23). The Kier molecular flexibility index (Phi) is 5.18. The van der Waals surface area contributed by atoms with E-state index in [1.807, 2.05) is 0 Å². The first-order valence-electron chi connectivity index (χ1n) is 6.90. The van der Waals surface area contributed by atoms with Gasteiger partial charge in [-0.1, -0.05) is 6.07 Å². The molecular weight excluding hydrogens is 325 g/mol. The molecule has 2 aromatic carbocycles. The summed E-state index contributed by atoms with van der Waals surface area (Å²) in [7, 11) is 0. The Morgan fingerprint density at radius 3 is 2.42 bits per heavy atom. The van der Waals surface area contributed by atoms with Crippen molar-refractivity contribution in [3.8, 4) is 11.5 Å². The van der Waals surface area contributed by atoms with Crippen LogP contribution in [-0.2, 0) is 0 Å². The number of nitrogens with one attached hydrogen (secondary N) is 2. The minimum absolute atomic E-state index is 0.0438. The van der Waals surface area contributed by atoms with Gasteiger partial charge in [0.25, 0.3) is 0 Å². The topological polar surface area (TPSA) is 70.6 Å². The number of anilines is 2. The second-order valence-electron chi connectivity index (χ2n) is 5.03. The minimum Gasteiger partial charge on any atom is -0.508 e. The zero-order chi connectivity index (χ0) is 17.7. The quantitative estimate of drug-likeness (QED) is 0.727. The SMILES string of the molecule is Cc1ccc(NC(=O)Nc2ccc(O)cc2)c(OCC(F)(F)F)c1. The molecule has 2 aromatic rings. The lowest BCUT2D eigenvalue weighted by atomic mass is 10.2. The summed E-state index contributed by atoms with van der Waals surface area (Å²) in [6, 6.07) is 9.58. The monoisotopic (exact) mass is 340 g/mol. The molecule has 3 N–H and O–H groups in total. The molecule has 0 bridgehead atoms. The lowest BCUT2D eigenvalue weighted by molar-refractivity contribution is -0.153. The maximum atomic E-state index is 12.3. The first-order valence-corrected chi connectivity index (χ1v) is 6.90. The van der Waals surface area contributed by atoms with Crippen LogP contribution < -0.4 is 15.4 Å². The minimum atomic E-state index is -4.48. The van der Waals surface area contributed by atoms with Crippen molar-refractivity contribution < 1.29 is 27.8 Å². The number of urea groups is 1. The molecule has 0 spiro atoms. The molecule has 8 heteroatoms. The molecule has 0 saturated carbocycles. The Labute approximate surface area is 136 Å². The number of rotatable bonds is 4. The summed E-state index contributed by atoms with van der Waals surface area (Å²) < 4.78 is 41.7. The molecule has 128 valence electrons. The first kappa shape index (κ1) is 17.5. The maximum Gasteiger partial charge on any atom is 0.422 e. The molecule has 0 unspecified atom stereocenters. The van der Waals surface area contributed by atoms with Crippen LogP contribution in [0.1, 0.15) is 5.56 Å². The third kappa shape index (κ3) is 5.38. The fourth-order valence-corrected chi connectivity index (χ4v) is 1.84. The van der Waals surface area contributed by atoms with Crippen molar-refractivity contribution in [3.63, 3.8) is 0 Å². The van der Waals surface area contributed by atoms with Crippen LogP contribution in [0.5, 0.6) is 11.5 Å². The van der Waals surface area contributed by atoms with E-state index in [9.17, 15) is 23.1 Å². The summed E-state index contributed by atoms with van der Waals surface area (Å²) in [6.07, 6.45) is -4.48. The summed E-state index contributed by atoms with van der Waals surface area (Å²) in [5.74, 6) is -0.0319. The molecule has 24 heavy (non-hydrogen) atoms. The number of alkyl halides is 3. The Bertz CT molecular complexity index is 715. The molecule has 2 rings (SSSR count). The summed E-state index contributed by atoms with van der Waals surface area (Å²) in [5.41, 5.74) is 1.22. The fraction of sp³-hybridized carbons (Fsp3) is 0.188. The third-order valence-corrected chi connectivity index (χ3v) is 2.90. The molecule has 0 fully saturated rings. The molecule has 0 radical (unpaired) electrons. The summed E-state index contributed by atoms with van der Waals surface area (Å²) in [6.45, 7) is 0.242. The van der Waals surface area contributed by atoms with Gasteiger partial charge in [0, 0.05) is 5.69 Å². The number of benzene rings is 2. The number of carbonyl (C=O) groups is 1. The highest BCUT2D eigenvalue weighted by Crippen LogP contribution is 2.28. The van der Waals surface area contributed by atoms with E-state index in [2.05, 4.69) is 10.6 Å². The van der Waals surface area contributed by atoms with Crippen LogP contribution in [0.3, 0.4) is 0 Å². The zero-order valence-corrected chi connectivity index (χ0v) is 12.6. The molecule has 0 aliphatic rings. The predicted octanol–water partition coefficient (Wildman–Crippen LogP) is 4.29. The first-order chi connectivity index (χ1) is 11.2. The number of halogens is 3. The highest BCUT2D eigenvalue weighted by molar-refractivity contribution is 6.00. The van der Waals surface area contributed by atoms with E-state index in [0.29, 0.717) is 11.3 Å². The molecule has 5 nitrogen and oxygen atoms in total. The number of aromatic hydroxyl groups is 1. The van der Waals surface area contributed by atoms with E-state index in [-0.39, 0.29) is 17.2 Å². The van der Waals surface area contributed by atoms with Crippen LogP contribution in [0, 0.1) is 6.92 Å². The number of carbonyl (C=O) groups excluding carboxylic acids is 1. The smallest absolute Gasteiger partial charge is 0.422 e. The van der Waals surface area contributed by atoms with E-state index in [4.69, 9.17) is 4.74 Å². The molecule has 0 atom stereocenters. The summed E-state index contributed by atoms with van der Waals surface area (Å²) in [4.78, 5) is 11.9. The Morgan fingerprint density at radius 1 is 1.12 bits per heavy atom. The van der Waals surface area contributed by atoms with Gasteiger partial charge < -0.3 is 20.5 Å². The predicted molar refractivity (Wildman–Crippen MR) is 83.5 cm³/mol. The highest BCUT2D eigenvalue weighted by atomic mass is 19.4. The van der Waals surface area contributed by atoms with Gasteiger partial charge in [-0.2, -0.15) is 13.2 Å². The highest BCUT2D eigenvalue weighted by Gasteiger charge is 2.29. The fourth-order valence-electron chi connectivity index (χ4n) is 1.84. The van der Waals surface area contributed by atoms with Crippen molar-refractivity contribution in [1.29, 1.82) is 0 Å². The van der Waals surface area contributed by atoms with Crippen molar-refractivity contribution >= 4 is 17.4 Å². The van der Waals surface area contributed by atoms with Gasteiger partial charge in [0.1, 0.15) is 11.5 Å². The van der Waals surface area contributed by atoms with E-state index < -0.39 is 18.8 Å². The number of phenols is 1. The number of ether oxygens (including phenoxy) is 1. The molecule has 0 heterocycles. The zero-order valence-electron chi connectivity index (χ0n) is 12.6. The second kappa shape index (κ2) is 7.12. The largest absolute Gasteiger partial charge is 0.508 e. The number of phenolic OH excluding ortho intramolecular Hbond substituents is 1. The average molecular weight is 340 g/mol. The van der Waals surface area contributed by atoms with E-state index >= 15 is 0 Å². The van der Waals surface area contributed by atoms with Gasteiger partial charge in [0.15, 0.2) is 6.61 Å². The number of aryl methyl sites for hydroxylation is 1. The van der Waals surface area contributed by atoms with E-state index in [0.717, 1.165) is 0 Å². The van der Waals surface area contributed by atoms with Crippen LogP contribution in [0.2, 0.25) is 0 Å². The van der Waals surface area contributed by atoms with Crippen LogP contribution in [0.4, 0.5) is 29.3 Å². The van der Waals surface area contributed by atoms with E-state index in [1.54, 1.807) is 13.0 Å². The molecule has 0 aliphatic carbocycles. The van der Waals surface area contributed by atoms with Crippen molar-refractivity contribution in [2.45, 2.75) is 13.1 Å². The van der Waals surface area contributed by atoms with Crippen molar-refractivity contribution in [3.05, 3.63) is 48.0 Å². The second-order valence-corrected chi connectivity index (χ2v) is 5.03. The van der Waals surface area contributed by atoms with Crippen molar-refractivity contribution in [2.24, 2.45) is 0 Å². The Morgan fingerprint density at radius 2 is 1.79 bits per heavy atom. The molecule has 0 aliphatic heterocycles. The number of hydrogen-bond acceptors (Lipinski definition) is 3. The van der Waals surface area contributed by atoms with Gasteiger partial charge in [-0.15, -0.1) is 0 Å². The normalized spacial score (nSPS) is 11.0. The van der Waals surface area contributed by atoms with Gasteiger partial charge in [-0.3, -0.25) is 0 Å². The van der Waals surface area contributed by atoms with Crippen LogP contribution in [-0.4, -0.2) is 23.9 Å².